The average molecular weight is 351 g/mol. The lowest BCUT2D eigenvalue weighted by Gasteiger charge is -2.34. The van der Waals surface area contributed by atoms with E-state index in [4.69, 9.17) is 0 Å². The average Bonchev–Trinajstić information content (AvgIpc) is 2.39. The monoisotopic (exact) mass is 351 g/mol. The molecule has 1 heterocycles. The van der Waals surface area contributed by atoms with Crippen LogP contribution in [0, 0.1) is 17.5 Å². The Morgan fingerprint density at radius 3 is 2.45 bits per heavy atom. The van der Waals surface area contributed by atoms with Gasteiger partial charge in [-0.2, -0.15) is 4.74 Å². The Morgan fingerprint density at radius 2 is 1.86 bits per heavy atom. The normalized spacial score (nSPS) is 24.6. The molecule has 1 aliphatic heterocycles. The number of halogens is 3. The van der Waals surface area contributed by atoms with Gasteiger partial charge in [0, 0.05) is 27.1 Å². The summed E-state index contributed by atoms with van der Waals surface area (Å²) in [5.74, 6) is -4.35. The molecule has 0 aliphatic carbocycles. The van der Waals surface area contributed by atoms with Crippen molar-refractivity contribution in [2.75, 3.05) is 19.5 Å². The molecule has 0 radical (unpaired) electrons. The highest BCUT2D eigenvalue weighted by Crippen LogP contribution is 2.35. The van der Waals surface area contributed by atoms with Crippen molar-refractivity contribution < 1.29 is 21.6 Å². The Kier molecular flexibility index (Phi) is 4.32. The van der Waals surface area contributed by atoms with Crippen LogP contribution in [0.2, 0.25) is 0 Å². The standard InChI is InChI=1S/C12H13F3N3O2PS/c1-12(7-4-9(14)10(15)5-8(7)13)6-22(19,20)18(2)11(16-12)17-21-3/h4-5H,6H2,1-3H3/t12-/m0/s1. The van der Waals surface area contributed by atoms with E-state index in [1.165, 1.54) is 14.0 Å². The largest absolute Gasteiger partial charge is 0.241 e. The fraction of sp³-hybridized carbons (Fsp3) is 0.417. The molecular formula is C12H13F3N3O2PS. The first kappa shape index (κ1) is 16.9. The summed E-state index contributed by atoms with van der Waals surface area (Å²) in [6.07, 6.45) is 0. The Labute approximate surface area is 127 Å². The van der Waals surface area contributed by atoms with Crippen LogP contribution < -0.4 is 0 Å². The van der Waals surface area contributed by atoms with Gasteiger partial charge in [-0.15, -0.1) is 0 Å². The van der Waals surface area contributed by atoms with Gasteiger partial charge < -0.3 is 0 Å². The molecule has 0 saturated carbocycles. The van der Waals surface area contributed by atoms with E-state index in [-0.39, 0.29) is 11.5 Å². The highest BCUT2D eigenvalue weighted by molar-refractivity contribution is 7.89. The molecule has 1 aromatic carbocycles. The third kappa shape index (κ3) is 2.87. The van der Waals surface area contributed by atoms with Crippen LogP contribution in [0.3, 0.4) is 0 Å². The fourth-order valence-corrected chi connectivity index (χ4v) is 4.02. The Morgan fingerprint density at radius 1 is 1.27 bits per heavy atom. The number of hydrogen-bond donors (Lipinski definition) is 0. The van der Waals surface area contributed by atoms with Crippen molar-refractivity contribution in [1.29, 1.82) is 0 Å². The minimum Gasteiger partial charge on any atom is -0.241 e. The van der Waals surface area contributed by atoms with Gasteiger partial charge in [-0.25, -0.2) is 30.9 Å². The van der Waals surface area contributed by atoms with Gasteiger partial charge in [-0.05, 0) is 19.7 Å². The summed E-state index contributed by atoms with van der Waals surface area (Å²) in [6.45, 7) is 3.00. The van der Waals surface area contributed by atoms with Crippen molar-refractivity contribution in [1.82, 2.24) is 4.31 Å². The van der Waals surface area contributed by atoms with Crippen molar-refractivity contribution in [3.8, 4) is 0 Å². The van der Waals surface area contributed by atoms with E-state index in [2.05, 4.69) is 9.74 Å². The summed E-state index contributed by atoms with van der Waals surface area (Å²) in [4.78, 5) is 4.14. The summed E-state index contributed by atoms with van der Waals surface area (Å²) in [5.41, 5.74) is -1.92. The molecule has 22 heavy (non-hydrogen) atoms. The van der Waals surface area contributed by atoms with E-state index in [0.29, 0.717) is 20.5 Å². The smallest absolute Gasteiger partial charge is 0.239 e. The highest BCUT2D eigenvalue weighted by Gasteiger charge is 2.42. The number of aliphatic imine (C=N–C) groups is 1. The molecule has 0 fully saturated rings. The lowest BCUT2D eigenvalue weighted by molar-refractivity contribution is 0.441. The van der Waals surface area contributed by atoms with Crippen LogP contribution >= 0.6 is 8.37 Å². The van der Waals surface area contributed by atoms with Crippen LogP contribution in [0.5, 0.6) is 0 Å². The summed E-state index contributed by atoms with van der Waals surface area (Å²) < 4.78 is 69.7. The maximum absolute atomic E-state index is 14.0. The van der Waals surface area contributed by atoms with Crippen molar-refractivity contribution >= 4 is 24.4 Å². The van der Waals surface area contributed by atoms with E-state index >= 15 is 0 Å². The molecule has 0 unspecified atom stereocenters. The maximum atomic E-state index is 14.0. The fourth-order valence-electron chi connectivity index (χ4n) is 2.15. The molecule has 0 amide bonds. The Hall–Kier alpha value is -1.47. The predicted octanol–water partition coefficient (Wildman–Crippen LogP) is 2.71. The second-order valence-corrected chi connectivity index (χ2v) is 7.56. The van der Waals surface area contributed by atoms with Crippen LogP contribution in [-0.4, -0.2) is 38.1 Å². The highest BCUT2D eigenvalue weighted by atomic mass is 32.2. The lowest BCUT2D eigenvalue weighted by atomic mass is 9.94. The van der Waals surface area contributed by atoms with Gasteiger partial charge in [0.05, 0.1) is 5.75 Å². The molecule has 1 aromatic rings. The molecule has 5 nitrogen and oxygen atoms in total. The van der Waals surface area contributed by atoms with Gasteiger partial charge in [0.1, 0.15) is 11.4 Å². The number of hydrogen-bond acceptors (Lipinski definition) is 4. The zero-order chi connectivity index (χ0) is 16.7. The zero-order valence-corrected chi connectivity index (χ0v) is 13.7. The van der Waals surface area contributed by atoms with Crippen molar-refractivity contribution in [2.24, 2.45) is 9.74 Å². The number of guanidine groups is 1. The molecule has 0 spiro atoms. The molecule has 0 saturated heterocycles. The van der Waals surface area contributed by atoms with Crippen LogP contribution in [0.1, 0.15) is 12.5 Å². The SMILES string of the molecule is CP=NC1=N[C@](C)(c2cc(F)c(F)cc2F)CS(=O)(=O)N1C. The number of benzene rings is 1. The molecule has 10 heteroatoms. The van der Waals surface area contributed by atoms with Gasteiger partial charge in [0.15, 0.2) is 11.6 Å². The molecule has 0 N–H and O–H groups in total. The summed E-state index contributed by atoms with van der Waals surface area (Å²) in [7, 11) is -2.02. The van der Waals surface area contributed by atoms with Gasteiger partial charge in [0.25, 0.3) is 0 Å². The minimum absolute atomic E-state index is 0.109. The van der Waals surface area contributed by atoms with Gasteiger partial charge in [-0.1, -0.05) is 0 Å². The summed E-state index contributed by atoms with van der Waals surface area (Å²) in [5, 5.41) is 0. The molecular weight excluding hydrogens is 338 g/mol. The van der Waals surface area contributed by atoms with Crippen molar-refractivity contribution in [3.63, 3.8) is 0 Å². The van der Waals surface area contributed by atoms with Gasteiger partial charge in [-0.3, -0.25) is 0 Å². The first-order valence-electron chi connectivity index (χ1n) is 6.12. The van der Waals surface area contributed by atoms with E-state index in [0.717, 1.165) is 4.31 Å². The van der Waals surface area contributed by atoms with Crippen molar-refractivity contribution in [3.05, 3.63) is 35.1 Å². The second kappa shape index (κ2) is 5.62. The summed E-state index contributed by atoms with van der Waals surface area (Å²) >= 11 is 0. The molecule has 1 atom stereocenters. The topological polar surface area (TPSA) is 62.1 Å². The van der Waals surface area contributed by atoms with Crippen molar-refractivity contribution in [2.45, 2.75) is 12.5 Å². The Balaban J connectivity index is 2.70. The van der Waals surface area contributed by atoms with Gasteiger partial charge in [0.2, 0.25) is 16.0 Å². The first-order chi connectivity index (χ1) is 10.1. The second-order valence-electron chi connectivity index (χ2n) is 4.96. The number of rotatable bonds is 1. The lowest BCUT2D eigenvalue weighted by Crippen LogP contribution is -2.46. The molecule has 1 aliphatic rings. The van der Waals surface area contributed by atoms with E-state index in [9.17, 15) is 21.6 Å². The van der Waals surface area contributed by atoms with Crippen LogP contribution in [0.4, 0.5) is 13.2 Å². The number of sulfonamides is 1. The van der Waals surface area contributed by atoms with E-state index < -0.39 is 38.8 Å². The zero-order valence-electron chi connectivity index (χ0n) is 12.0. The minimum atomic E-state index is -3.81. The molecule has 0 bridgehead atoms. The van der Waals surface area contributed by atoms with E-state index in [1.54, 1.807) is 6.66 Å². The molecule has 0 aromatic heterocycles. The van der Waals surface area contributed by atoms with Crippen LogP contribution in [0.15, 0.2) is 21.9 Å². The molecule has 120 valence electrons. The quantitative estimate of drug-likeness (QED) is 0.577. The van der Waals surface area contributed by atoms with E-state index in [1.807, 2.05) is 0 Å². The van der Waals surface area contributed by atoms with Crippen LogP contribution in [-0.2, 0) is 15.6 Å². The molecule has 2 rings (SSSR count). The third-order valence-corrected chi connectivity index (χ3v) is 5.59. The maximum Gasteiger partial charge on any atom is 0.239 e. The van der Waals surface area contributed by atoms with Gasteiger partial charge >= 0.3 is 0 Å². The first-order valence-corrected chi connectivity index (χ1v) is 9.02. The summed E-state index contributed by atoms with van der Waals surface area (Å²) in [6, 6.07) is 1.02. The predicted molar refractivity (Wildman–Crippen MR) is 77.9 cm³/mol. The Bertz CT molecular complexity index is 782. The third-order valence-electron chi connectivity index (χ3n) is 3.29. The number of nitrogens with zero attached hydrogens (tertiary/aromatic N) is 3. The van der Waals surface area contributed by atoms with Crippen LogP contribution in [0.25, 0.3) is 0 Å².